The van der Waals surface area contributed by atoms with Gasteiger partial charge in [-0.05, 0) is 38.5 Å². The van der Waals surface area contributed by atoms with Gasteiger partial charge in [-0.1, -0.05) is 4.48 Å². The number of hydrogen-bond acceptors (Lipinski definition) is 3. The fourth-order valence-corrected chi connectivity index (χ4v) is 2.90. The number of esters is 1. The lowest BCUT2D eigenvalue weighted by Gasteiger charge is -2.32. The molecule has 0 aromatic rings. The van der Waals surface area contributed by atoms with Crippen molar-refractivity contribution >= 4 is 12.0 Å². The number of hydrogen-bond donors (Lipinski definition) is 0. The molecule has 0 bridgehead atoms. The van der Waals surface area contributed by atoms with E-state index in [9.17, 15) is 14.1 Å². The lowest BCUT2D eigenvalue weighted by atomic mass is 9.86. The van der Waals surface area contributed by atoms with Gasteiger partial charge in [-0.3, -0.25) is 4.79 Å². The van der Waals surface area contributed by atoms with Gasteiger partial charge in [0.25, 0.3) is 0 Å². The van der Waals surface area contributed by atoms with E-state index in [-0.39, 0.29) is 11.9 Å². The van der Waals surface area contributed by atoms with Crippen LogP contribution in [0.3, 0.4) is 0 Å². The molecule has 0 N–H and O–H groups in total. The Bertz CT molecular complexity index is 337. The van der Waals surface area contributed by atoms with Gasteiger partial charge >= 0.3 is 12.0 Å². The van der Waals surface area contributed by atoms with Gasteiger partial charge in [0.05, 0.1) is 19.1 Å². The molecule has 19 heavy (non-hydrogen) atoms. The highest BCUT2D eigenvalue weighted by Crippen LogP contribution is 2.29. The number of urea groups is 1. The minimum atomic E-state index is -0.515. The minimum Gasteiger partial charge on any atom is -0.469 e. The van der Waals surface area contributed by atoms with E-state index >= 15 is 0 Å². The highest BCUT2D eigenvalue weighted by molar-refractivity contribution is 5.74. The Morgan fingerprint density at radius 1 is 1.16 bits per heavy atom. The van der Waals surface area contributed by atoms with Gasteiger partial charge in [0.2, 0.25) is 0 Å². The summed E-state index contributed by atoms with van der Waals surface area (Å²) in [6.45, 7) is 1.30. The van der Waals surface area contributed by atoms with E-state index in [4.69, 9.17) is 4.74 Å². The number of halogens is 1. The number of carbonyl (C=O) groups excluding carboxylic acids is 2. The summed E-state index contributed by atoms with van der Waals surface area (Å²) in [6, 6.07) is -0.909. The molecule has 1 saturated carbocycles. The quantitative estimate of drug-likeness (QED) is 0.571. The number of likely N-dealkylation sites (tertiary alicyclic amines) is 1. The number of carbonyl (C=O) groups is 2. The van der Waals surface area contributed by atoms with E-state index in [0.29, 0.717) is 43.9 Å². The maximum Gasteiger partial charge on any atom is 0.348 e. The Morgan fingerprint density at radius 2 is 1.74 bits per heavy atom. The van der Waals surface area contributed by atoms with Crippen LogP contribution in [0, 0.1) is 5.92 Å². The highest BCUT2D eigenvalue weighted by Gasteiger charge is 2.34. The smallest absolute Gasteiger partial charge is 0.348 e. The van der Waals surface area contributed by atoms with Crippen molar-refractivity contribution in [3.05, 3.63) is 0 Å². The first-order chi connectivity index (χ1) is 9.13. The largest absolute Gasteiger partial charge is 0.469 e. The Balaban J connectivity index is 1.83. The van der Waals surface area contributed by atoms with Crippen LogP contribution in [0.1, 0.15) is 38.5 Å². The SMILES string of the molecule is COC(=O)[C@H]1CC[C@@H](N(F)C(=O)N2CCCC2)CC1. The number of ether oxygens (including phenoxy) is 1. The van der Waals surface area contributed by atoms with E-state index < -0.39 is 12.1 Å². The molecule has 2 amide bonds. The second kappa shape index (κ2) is 6.21. The summed E-state index contributed by atoms with van der Waals surface area (Å²) < 4.78 is 18.8. The molecule has 2 fully saturated rings. The average molecular weight is 272 g/mol. The molecule has 0 aromatic heterocycles. The topological polar surface area (TPSA) is 49.9 Å². The van der Waals surface area contributed by atoms with Gasteiger partial charge in [0.15, 0.2) is 0 Å². The molecule has 5 nitrogen and oxygen atoms in total. The van der Waals surface area contributed by atoms with Gasteiger partial charge in [0.1, 0.15) is 0 Å². The summed E-state index contributed by atoms with van der Waals surface area (Å²) >= 11 is 0. The molecular formula is C13H21FN2O3. The predicted octanol–water partition coefficient (Wildman–Crippen LogP) is 2.12. The van der Waals surface area contributed by atoms with Crippen LogP contribution in [0.2, 0.25) is 0 Å². The molecule has 1 aliphatic heterocycles. The van der Waals surface area contributed by atoms with E-state index in [2.05, 4.69) is 0 Å². The fraction of sp³-hybridized carbons (Fsp3) is 0.846. The van der Waals surface area contributed by atoms with Crippen molar-refractivity contribution in [3.63, 3.8) is 0 Å². The average Bonchev–Trinajstić information content (AvgIpc) is 2.99. The summed E-state index contributed by atoms with van der Waals surface area (Å²) in [7, 11) is 1.37. The summed E-state index contributed by atoms with van der Waals surface area (Å²) in [5, 5.41) is 0.374. The molecule has 0 spiro atoms. The second-order valence-electron chi connectivity index (χ2n) is 5.32. The minimum absolute atomic E-state index is 0.142. The van der Waals surface area contributed by atoms with Crippen molar-refractivity contribution in [3.8, 4) is 0 Å². The van der Waals surface area contributed by atoms with Crippen LogP contribution in [0.4, 0.5) is 9.28 Å². The van der Waals surface area contributed by atoms with Gasteiger partial charge in [-0.15, -0.1) is 0 Å². The number of amides is 2. The normalized spacial score (nSPS) is 27.2. The summed E-state index contributed by atoms with van der Waals surface area (Å²) in [5.74, 6) is -0.369. The third-order valence-electron chi connectivity index (χ3n) is 4.11. The maximum atomic E-state index is 14.1. The Labute approximate surface area is 112 Å². The monoisotopic (exact) mass is 272 g/mol. The van der Waals surface area contributed by atoms with E-state index in [0.717, 1.165) is 12.8 Å². The Morgan fingerprint density at radius 3 is 2.26 bits per heavy atom. The lowest BCUT2D eigenvalue weighted by molar-refractivity contribution is -0.147. The standard InChI is InChI=1S/C13H21FN2O3/c1-19-12(17)10-4-6-11(7-5-10)16(14)13(18)15-8-2-3-9-15/h10-11H,2-9H2,1H3/t10-,11+. The van der Waals surface area contributed by atoms with Crippen LogP contribution in [0.15, 0.2) is 0 Å². The van der Waals surface area contributed by atoms with Crippen molar-refractivity contribution in [1.29, 1.82) is 0 Å². The third kappa shape index (κ3) is 3.16. The molecular weight excluding hydrogens is 251 g/mol. The summed E-state index contributed by atoms with van der Waals surface area (Å²) in [4.78, 5) is 24.8. The van der Waals surface area contributed by atoms with Crippen molar-refractivity contribution in [2.24, 2.45) is 5.92 Å². The fourth-order valence-electron chi connectivity index (χ4n) is 2.90. The third-order valence-corrected chi connectivity index (χ3v) is 4.11. The molecule has 6 heteroatoms. The van der Waals surface area contributed by atoms with Crippen molar-refractivity contribution in [2.75, 3.05) is 20.2 Å². The molecule has 1 aliphatic carbocycles. The van der Waals surface area contributed by atoms with Crippen molar-refractivity contribution in [1.82, 2.24) is 10.0 Å². The van der Waals surface area contributed by atoms with E-state index in [1.54, 1.807) is 4.90 Å². The first-order valence-electron chi connectivity index (χ1n) is 6.95. The number of rotatable bonds is 2. The number of methoxy groups -OCH3 is 1. The van der Waals surface area contributed by atoms with Crippen LogP contribution < -0.4 is 0 Å². The first kappa shape index (κ1) is 14.1. The Kier molecular flexibility index (Phi) is 4.61. The molecule has 1 heterocycles. The molecule has 1 saturated heterocycles. The van der Waals surface area contributed by atoms with Crippen LogP contribution in [0.5, 0.6) is 0 Å². The van der Waals surface area contributed by atoms with Crippen LogP contribution in [-0.2, 0) is 9.53 Å². The second-order valence-corrected chi connectivity index (χ2v) is 5.32. The van der Waals surface area contributed by atoms with Crippen molar-refractivity contribution in [2.45, 2.75) is 44.6 Å². The first-order valence-corrected chi connectivity index (χ1v) is 6.95. The van der Waals surface area contributed by atoms with Crippen LogP contribution in [-0.4, -0.2) is 48.3 Å². The summed E-state index contributed by atoms with van der Waals surface area (Å²) in [5.41, 5.74) is 0. The number of nitrogens with zero attached hydrogens (tertiary/aromatic N) is 2. The molecule has 0 aromatic carbocycles. The van der Waals surface area contributed by atoms with Gasteiger partial charge < -0.3 is 9.64 Å². The zero-order chi connectivity index (χ0) is 13.8. The van der Waals surface area contributed by atoms with Gasteiger partial charge in [-0.2, -0.15) is 5.12 Å². The zero-order valence-electron chi connectivity index (χ0n) is 11.3. The van der Waals surface area contributed by atoms with Crippen molar-refractivity contribution < 1.29 is 18.8 Å². The van der Waals surface area contributed by atoms with E-state index in [1.807, 2.05) is 0 Å². The van der Waals surface area contributed by atoms with Gasteiger partial charge in [-0.25, -0.2) is 4.79 Å². The molecule has 0 unspecified atom stereocenters. The summed E-state index contributed by atoms with van der Waals surface area (Å²) in [6.07, 6.45) is 4.13. The van der Waals surface area contributed by atoms with Crippen LogP contribution >= 0.6 is 0 Å². The Hall–Kier alpha value is -1.33. The zero-order valence-corrected chi connectivity index (χ0v) is 11.3. The molecule has 0 atom stereocenters. The van der Waals surface area contributed by atoms with E-state index in [1.165, 1.54) is 7.11 Å². The highest BCUT2D eigenvalue weighted by atomic mass is 19.2. The van der Waals surface area contributed by atoms with Crippen LogP contribution in [0.25, 0.3) is 0 Å². The predicted molar refractivity (Wildman–Crippen MR) is 66.9 cm³/mol. The molecule has 2 rings (SSSR count). The van der Waals surface area contributed by atoms with Gasteiger partial charge in [0, 0.05) is 13.1 Å². The molecule has 0 radical (unpaired) electrons. The lowest BCUT2D eigenvalue weighted by Crippen LogP contribution is -2.44. The maximum absolute atomic E-state index is 14.1. The molecule has 108 valence electrons. The molecule has 2 aliphatic rings.